The minimum absolute atomic E-state index is 0.0810. The van der Waals surface area contributed by atoms with E-state index in [1.807, 2.05) is 0 Å². The van der Waals surface area contributed by atoms with Gasteiger partial charge < -0.3 is 4.90 Å². The first-order valence-electron chi connectivity index (χ1n) is 8.88. The smallest absolute Gasteiger partial charge is 0.249 e. The largest absolute Gasteiger partial charge is 0.301 e. The number of nitrogens with one attached hydrogen (secondary N) is 1. The molecule has 5 rings (SSSR count). The van der Waals surface area contributed by atoms with Crippen LogP contribution in [0.15, 0.2) is 0 Å². The van der Waals surface area contributed by atoms with E-state index in [1.165, 1.54) is 45.2 Å². The minimum Gasteiger partial charge on any atom is -0.301 e. The van der Waals surface area contributed by atoms with Crippen LogP contribution >= 0.6 is 0 Å². The fourth-order valence-corrected chi connectivity index (χ4v) is 5.79. The van der Waals surface area contributed by atoms with Crippen molar-refractivity contribution in [2.75, 3.05) is 26.2 Å². The summed E-state index contributed by atoms with van der Waals surface area (Å²) in [5, 5.41) is 0. The van der Waals surface area contributed by atoms with Crippen molar-refractivity contribution in [3.8, 4) is 0 Å². The molecule has 0 aromatic carbocycles. The lowest BCUT2D eigenvalue weighted by molar-refractivity contribution is -0.159. The zero-order valence-corrected chi connectivity index (χ0v) is 13.0. The number of carbonyl (C=O) groups excluding carboxylic acids is 1. The van der Waals surface area contributed by atoms with E-state index in [0.717, 1.165) is 43.6 Å². The summed E-state index contributed by atoms with van der Waals surface area (Å²) in [6.07, 6.45) is 10.1. The second kappa shape index (κ2) is 5.54. The summed E-state index contributed by atoms with van der Waals surface area (Å²) in [5.74, 6) is 2.62. The van der Waals surface area contributed by atoms with Crippen molar-refractivity contribution < 1.29 is 9.63 Å². The average molecular weight is 292 g/mol. The van der Waals surface area contributed by atoms with Gasteiger partial charge in [0.25, 0.3) is 0 Å². The maximum atomic E-state index is 12.6. The molecule has 1 heterocycles. The summed E-state index contributed by atoms with van der Waals surface area (Å²) in [6, 6.07) is 0. The summed E-state index contributed by atoms with van der Waals surface area (Å²) in [4.78, 5) is 20.6. The normalized spacial score (nSPS) is 41.6. The van der Waals surface area contributed by atoms with Crippen LogP contribution in [0.4, 0.5) is 0 Å². The fourth-order valence-electron chi connectivity index (χ4n) is 5.79. The first-order chi connectivity index (χ1) is 10.2. The number of likely N-dealkylation sites (tertiary alicyclic amines) is 1. The van der Waals surface area contributed by atoms with E-state index in [2.05, 4.69) is 10.4 Å². The second-order valence-corrected chi connectivity index (χ2v) is 8.03. The van der Waals surface area contributed by atoms with Crippen LogP contribution in [0.3, 0.4) is 0 Å². The molecule has 4 saturated carbocycles. The molecule has 4 bridgehead atoms. The van der Waals surface area contributed by atoms with Crippen LogP contribution in [-0.2, 0) is 9.63 Å². The van der Waals surface area contributed by atoms with Crippen LogP contribution in [0.5, 0.6) is 0 Å². The van der Waals surface area contributed by atoms with Crippen LogP contribution in [0.1, 0.15) is 51.4 Å². The maximum Gasteiger partial charge on any atom is 0.249 e. The van der Waals surface area contributed by atoms with E-state index in [0.29, 0.717) is 6.61 Å². The van der Waals surface area contributed by atoms with Crippen molar-refractivity contribution >= 4 is 5.91 Å². The summed E-state index contributed by atoms with van der Waals surface area (Å²) in [7, 11) is 0. The summed E-state index contributed by atoms with van der Waals surface area (Å²) in [6.45, 7) is 3.94. The summed E-state index contributed by atoms with van der Waals surface area (Å²) < 4.78 is 0. The van der Waals surface area contributed by atoms with Gasteiger partial charge in [-0.2, -0.15) is 0 Å². The molecular formula is C17H28N2O2. The molecule has 21 heavy (non-hydrogen) atoms. The van der Waals surface area contributed by atoms with Crippen molar-refractivity contribution in [2.45, 2.75) is 51.4 Å². The number of hydroxylamine groups is 1. The molecule has 4 aliphatic carbocycles. The Hall–Kier alpha value is -0.610. The molecule has 0 aromatic heterocycles. The molecule has 1 amide bonds. The molecule has 1 saturated heterocycles. The molecule has 0 atom stereocenters. The van der Waals surface area contributed by atoms with Gasteiger partial charge in [0.05, 0.1) is 12.0 Å². The molecule has 118 valence electrons. The standard InChI is InChI=1S/C17H28N2O2/c20-16(18-21-6-5-19-3-1-2-4-19)17-10-13-7-14(11-17)9-15(8-13)12-17/h13-15H,1-12H2,(H,18,20). The molecular weight excluding hydrogens is 264 g/mol. The third kappa shape index (κ3) is 2.72. The van der Waals surface area contributed by atoms with Crippen LogP contribution in [0.2, 0.25) is 0 Å². The molecule has 5 aliphatic rings. The first-order valence-corrected chi connectivity index (χ1v) is 8.88. The molecule has 0 spiro atoms. The predicted molar refractivity (Wildman–Crippen MR) is 80.4 cm³/mol. The highest BCUT2D eigenvalue weighted by Gasteiger charge is 2.54. The average Bonchev–Trinajstić information content (AvgIpc) is 2.95. The van der Waals surface area contributed by atoms with Crippen LogP contribution in [0, 0.1) is 23.2 Å². The lowest BCUT2D eigenvalue weighted by Gasteiger charge is -2.55. The Morgan fingerprint density at radius 2 is 1.62 bits per heavy atom. The van der Waals surface area contributed by atoms with Crippen molar-refractivity contribution in [1.82, 2.24) is 10.4 Å². The highest BCUT2D eigenvalue weighted by Crippen LogP contribution is 2.60. The Bertz CT molecular complexity index is 368. The summed E-state index contributed by atoms with van der Waals surface area (Å²) >= 11 is 0. The minimum atomic E-state index is -0.0810. The number of hydrogen-bond acceptors (Lipinski definition) is 3. The lowest BCUT2D eigenvalue weighted by atomic mass is 9.49. The maximum absolute atomic E-state index is 12.6. The highest BCUT2D eigenvalue weighted by molar-refractivity contribution is 5.82. The third-order valence-electron chi connectivity index (χ3n) is 6.39. The summed E-state index contributed by atoms with van der Waals surface area (Å²) in [5.41, 5.74) is 2.72. The molecule has 4 nitrogen and oxygen atoms in total. The van der Waals surface area contributed by atoms with Crippen LogP contribution in [-0.4, -0.2) is 37.0 Å². The van der Waals surface area contributed by atoms with Gasteiger partial charge in [-0.1, -0.05) is 0 Å². The van der Waals surface area contributed by atoms with E-state index in [1.54, 1.807) is 0 Å². The van der Waals surface area contributed by atoms with E-state index < -0.39 is 0 Å². The Morgan fingerprint density at radius 3 is 2.19 bits per heavy atom. The topological polar surface area (TPSA) is 41.6 Å². The number of hydrogen-bond donors (Lipinski definition) is 1. The second-order valence-electron chi connectivity index (χ2n) is 8.03. The Morgan fingerprint density at radius 1 is 1.05 bits per heavy atom. The highest BCUT2D eigenvalue weighted by atomic mass is 16.7. The van der Waals surface area contributed by atoms with Crippen molar-refractivity contribution in [3.63, 3.8) is 0 Å². The molecule has 4 heteroatoms. The zero-order chi connectivity index (χ0) is 14.3. The molecule has 0 unspecified atom stereocenters. The molecule has 1 N–H and O–H groups in total. The van der Waals surface area contributed by atoms with Crippen LogP contribution in [0.25, 0.3) is 0 Å². The third-order valence-corrected chi connectivity index (χ3v) is 6.39. The van der Waals surface area contributed by atoms with E-state index in [-0.39, 0.29) is 11.3 Å². The number of carbonyl (C=O) groups is 1. The van der Waals surface area contributed by atoms with Gasteiger partial charge in [0.1, 0.15) is 0 Å². The van der Waals surface area contributed by atoms with E-state index in [4.69, 9.17) is 4.84 Å². The van der Waals surface area contributed by atoms with Gasteiger partial charge in [-0.05, 0) is 82.2 Å². The fraction of sp³-hybridized carbons (Fsp3) is 0.941. The van der Waals surface area contributed by atoms with Crippen molar-refractivity contribution in [1.29, 1.82) is 0 Å². The monoisotopic (exact) mass is 292 g/mol. The molecule has 0 radical (unpaired) electrons. The molecule has 5 fully saturated rings. The van der Waals surface area contributed by atoms with Gasteiger partial charge in [0.2, 0.25) is 5.91 Å². The Kier molecular flexibility index (Phi) is 3.70. The van der Waals surface area contributed by atoms with Gasteiger partial charge in [0.15, 0.2) is 0 Å². The van der Waals surface area contributed by atoms with Gasteiger partial charge in [0, 0.05) is 6.54 Å². The van der Waals surface area contributed by atoms with E-state index >= 15 is 0 Å². The van der Waals surface area contributed by atoms with Crippen LogP contribution < -0.4 is 5.48 Å². The van der Waals surface area contributed by atoms with Crippen molar-refractivity contribution in [3.05, 3.63) is 0 Å². The predicted octanol–water partition coefficient (Wildman–Crippen LogP) is 2.35. The Balaban J connectivity index is 1.27. The zero-order valence-electron chi connectivity index (χ0n) is 13.0. The van der Waals surface area contributed by atoms with Gasteiger partial charge in [-0.15, -0.1) is 0 Å². The number of rotatable bonds is 5. The first kappa shape index (κ1) is 14.0. The molecule has 0 aromatic rings. The van der Waals surface area contributed by atoms with Gasteiger partial charge >= 0.3 is 0 Å². The van der Waals surface area contributed by atoms with Gasteiger partial charge in [-0.3, -0.25) is 9.63 Å². The number of amides is 1. The molecule has 1 aliphatic heterocycles. The SMILES string of the molecule is O=C(NOCCN1CCCC1)C12CC3CC(CC(C3)C1)C2. The lowest BCUT2D eigenvalue weighted by Crippen LogP contribution is -2.53. The van der Waals surface area contributed by atoms with E-state index in [9.17, 15) is 4.79 Å². The number of nitrogens with zero attached hydrogens (tertiary/aromatic N) is 1. The quantitative estimate of drug-likeness (QED) is 0.625. The Labute approximate surface area is 127 Å². The van der Waals surface area contributed by atoms with Crippen molar-refractivity contribution in [2.24, 2.45) is 23.2 Å². The van der Waals surface area contributed by atoms with Gasteiger partial charge in [-0.25, -0.2) is 5.48 Å².